The van der Waals surface area contributed by atoms with Crippen LogP contribution in [0.1, 0.15) is 18.5 Å². The predicted molar refractivity (Wildman–Crippen MR) is 94.6 cm³/mol. The number of ether oxygens (including phenoxy) is 2. The maximum absolute atomic E-state index is 12.9. The zero-order chi connectivity index (χ0) is 19.7. The molecule has 0 atom stereocenters. The standard InChI is InChI=1S/C18H23F2N3O4S/c1-12-14(2-3-15(21-12)27-16(19)20)28(24,25)23-8-18(9-23)6-22(7-18)13-4-17(5-13)10-26-11-17/h2-3,13,16H,4-11H2,1H3. The van der Waals surface area contributed by atoms with E-state index in [-0.39, 0.29) is 21.9 Å². The fourth-order valence-corrected chi connectivity index (χ4v) is 6.89. The van der Waals surface area contributed by atoms with Gasteiger partial charge in [0.25, 0.3) is 0 Å². The number of nitrogens with zero attached hydrogens (tertiary/aromatic N) is 3. The lowest BCUT2D eigenvalue weighted by Crippen LogP contribution is -2.76. The van der Waals surface area contributed by atoms with E-state index in [0.717, 1.165) is 26.3 Å². The molecule has 0 amide bonds. The van der Waals surface area contributed by atoms with E-state index in [9.17, 15) is 17.2 Å². The van der Waals surface area contributed by atoms with Crippen molar-refractivity contribution in [2.24, 2.45) is 10.8 Å². The summed E-state index contributed by atoms with van der Waals surface area (Å²) in [7, 11) is -3.68. The maximum Gasteiger partial charge on any atom is 0.388 e. The van der Waals surface area contributed by atoms with Gasteiger partial charge in [0.1, 0.15) is 4.90 Å². The molecule has 4 heterocycles. The molecule has 2 spiro atoms. The number of halogens is 2. The van der Waals surface area contributed by atoms with Crippen molar-refractivity contribution < 1.29 is 26.7 Å². The second kappa shape index (κ2) is 6.07. The zero-order valence-corrected chi connectivity index (χ0v) is 16.4. The van der Waals surface area contributed by atoms with Crippen LogP contribution in [-0.2, 0) is 14.8 Å². The van der Waals surface area contributed by atoms with Crippen molar-refractivity contribution >= 4 is 10.0 Å². The molecule has 3 aliphatic heterocycles. The summed E-state index contributed by atoms with van der Waals surface area (Å²) >= 11 is 0. The summed E-state index contributed by atoms with van der Waals surface area (Å²) in [6.45, 7) is 3.17. The van der Waals surface area contributed by atoms with Gasteiger partial charge in [-0.25, -0.2) is 13.4 Å². The van der Waals surface area contributed by atoms with Crippen LogP contribution >= 0.6 is 0 Å². The second-order valence-corrected chi connectivity index (χ2v) is 10.8. The first-order valence-electron chi connectivity index (χ1n) is 9.45. The lowest BCUT2D eigenvalue weighted by Gasteiger charge is -2.65. The van der Waals surface area contributed by atoms with Crippen molar-refractivity contribution in [2.75, 3.05) is 39.4 Å². The maximum atomic E-state index is 12.9. The largest absolute Gasteiger partial charge is 0.417 e. The van der Waals surface area contributed by atoms with Crippen molar-refractivity contribution in [3.8, 4) is 5.88 Å². The van der Waals surface area contributed by atoms with Gasteiger partial charge >= 0.3 is 6.61 Å². The van der Waals surface area contributed by atoms with Crippen molar-refractivity contribution in [1.29, 1.82) is 0 Å². The average Bonchev–Trinajstić information content (AvgIpc) is 2.42. The molecule has 4 aliphatic rings. The number of hydrogen-bond acceptors (Lipinski definition) is 6. The smallest absolute Gasteiger partial charge is 0.388 e. The Hall–Kier alpha value is -1.36. The molecule has 0 N–H and O–H groups in total. The third-order valence-corrected chi connectivity index (χ3v) is 8.54. The molecule has 0 bridgehead atoms. The van der Waals surface area contributed by atoms with Crippen molar-refractivity contribution in [3.05, 3.63) is 17.8 Å². The van der Waals surface area contributed by atoms with Crippen LogP contribution in [0.3, 0.4) is 0 Å². The van der Waals surface area contributed by atoms with Crippen LogP contribution in [0, 0.1) is 17.8 Å². The molecule has 0 radical (unpaired) electrons. The first kappa shape index (κ1) is 18.7. The number of aromatic nitrogens is 1. The predicted octanol–water partition coefficient (Wildman–Crippen LogP) is 1.48. The Kier molecular flexibility index (Phi) is 4.04. The van der Waals surface area contributed by atoms with E-state index in [1.807, 2.05) is 0 Å². The first-order valence-corrected chi connectivity index (χ1v) is 10.9. The lowest BCUT2D eigenvalue weighted by molar-refractivity contribution is -0.211. The van der Waals surface area contributed by atoms with E-state index in [4.69, 9.17) is 4.74 Å². The van der Waals surface area contributed by atoms with E-state index >= 15 is 0 Å². The van der Waals surface area contributed by atoms with Crippen LogP contribution in [0.2, 0.25) is 0 Å². The fourth-order valence-electron chi connectivity index (χ4n) is 5.06. The molecule has 1 saturated carbocycles. The number of rotatable bonds is 5. The van der Waals surface area contributed by atoms with Crippen LogP contribution in [0.15, 0.2) is 17.0 Å². The average molecular weight is 415 g/mol. The minimum atomic E-state index is -3.68. The minimum Gasteiger partial charge on any atom is -0.417 e. The van der Waals surface area contributed by atoms with E-state index in [2.05, 4.69) is 14.6 Å². The van der Waals surface area contributed by atoms with Crippen molar-refractivity contribution in [1.82, 2.24) is 14.2 Å². The molecule has 7 nitrogen and oxygen atoms in total. The molecule has 5 rings (SSSR count). The van der Waals surface area contributed by atoms with Gasteiger partial charge in [0.2, 0.25) is 15.9 Å². The normalized spacial score (nSPS) is 26.6. The van der Waals surface area contributed by atoms with Crippen LogP contribution in [0.5, 0.6) is 5.88 Å². The quantitative estimate of drug-likeness (QED) is 0.726. The highest BCUT2D eigenvalue weighted by Crippen LogP contribution is 2.53. The molecule has 1 aromatic rings. The van der Waals surface area contributed by atoms with E-state index in [0.29, 0.717) is 24.5 Å². The number of likely N-dealkylation sites (tertiary alicyclic amines) is 1. The van der Waals surface area contributed by atoms with Gasteiger partial charge in [-0.3, -0.25) is 4.90 Å². The number of sulfonamides is 1. The Bertz CT molecular complexity index is 884. The highest BCUT2D eigenvalue weighted by atomic mass is 32.2. The topological polar surface area (TPSA) is 72.0 Å². The van der Waals surface area contributed by atoms with E-state index in [1.54, 1.807) is 0 Å². The number of aryl methyl sites for hydroxylation is 1. The van der Waals surface area contributed by atoms with Crippen LogP contribution in [0.25, 0.3) is 0 Å². The Balaban J connectivity index is 1.18. The van der Waals surface area contributed by atoms with Crippen molar-refractivity contribution in [3.63, 3.8) is 0 Å². The van der Waals surface area contributed by atoms with Crippen LogP contribution in [0.4, 0.5) is 8.78 Å². The summed E-state index contributed by atoms with van der Waals surface area (Å²) in [6, 6.07) is 3.08. The molecule has 0 aromatic carbocycles. The highest BCUT2D eigenvalue weighted by molar-refractivity contribution is 7.89. The molecule has 0 unspecified atom stereocenters. The molecular formula is C18H23F2N3O4S. The van der Waals surface area contributed by atoms with Gasteiger partial charge < -0.3 is 9.47 Å². The Morgan fingerprint density at radius 2 is 1.86 bits per heavy atom. The molecular weight excluding hydrogens is 392 g/mol. The van der Waals surface area contributed by atoms with Gasteiger partial charge in [-0.05, 0) is 25.8 Å². The number of alkyl halides is 2. The van der Waals surface area contributed by atoms with Gasteiger partial charge in [-0.1, -0.05) is 0 Å². The molecule has 154 valence electrons. The highest BCUT2D eigenvalue weighted by Gasteiger charge is 2.60. The molecule has 1 aromatic heterocycles. The Morgan fingerprint density at radius 1 is 1.18 bits per heavy atom. The van der Waals surface area contributed by atoms with Gasteiger partial charge in [0.15, 0.2) is 0 Å². The molecule has 1 aliphatic carbocycles. The Labute approximate surface area is 162 Å². The van der Waals surface area contributed by atoms with Gasteiger partial charge in [-0.2, -0.15) is 13.1 Å². The van der Waals surface area contributed by atoms with E-state index < -0.39 is 16.6 Å². The van der Waals surface area contributed by atoms with E-state index in [1.165, 1.54) is 36.2 Å². The molecule has 10 heteroatoms. The molecule has 3 saturated heterocycles. The monoisotopic (exact) mass is 415 g/mol. The third kappa shape index (κ3) is 2.84. The summed E-state index contributed by atoms with van der Waals surface area (Å²) in [5, 5.41) is 0. The zero-order valence-electron chi connectivity index (χ0n) is 15.6. The van der Waals surface area contributed by atoms with Crippen molar-refractivity contribution in [2.45, 2.75) is 37.3 Å². The number of hydrogen-bond donors (Lipinski definition) is 0. The molecule has 28 heavy (non-hydrogen) atoms. The molecule has 4 fully saturated rings. The lowest BCUT2D eigenvalue weighted by atomic mass is 9.61. The van der Waals surface area contributed by atoms with Gasteiger partial charge in [-0.15, -0.1) is 0 Å². The first-order chi connectivity index (χ1) is 13.2. The van der Waals surface area contributed by atoms with Crippen LogP contribution in [-0.4, -0.2) is 74.7 Å². The summed E-state index contributed by atoms with van der Waals surface area (Å²) in [4.78, 5) is 6.36. The summed E-state index contributed by atoms with van der Waals surface area (Å²) in [5.74, 6) is -0.281. The SMILES string of the molecule is Cc1nc(OC(F)F)ccc1S(=O)(=O)N1CC2(CN(C3CC4(COC4)C3)C2)C1. The van der Waals surface area contributed by atoms with Gasteiger partial charge in [0, 0.05) is 49.1 Å². The third-order valence-electron chi connectivity index (χ3n) is 6.61. The van der Waals surface area contributed by atoms with Gasteiger partial charge in [0.05, 0.1) is 18.9 Å². The summed E-state index contributed by atoms with van der Waals surface area (Å²) < 4.78 is 61.4. The second-order valence-electron chi connectivity index (χ2n) is 8.84. The fraction of sp³-hybridized carbons (Fsp3) is 0.722. The Morgan fingerprint density at radius 3 is 2.39 bits per heavy atom. The van der Waals surface area contributed by atoms with Crippen LogP contribution < -0.4 is 4.74 Å². The number of pyridine rings is 1. The minimum absolute atomic E-state index is 0.0473. The summed E-state index contributed by atoms with van der Waals surface area (Å²) in [6.07, 6.45) is 2.39. The summed E-state index contributed by atoms with van der Waals surface area (Å²) in [5.41, 5.74) is 0.663.